The number of hydrogen-bond donors (Lipinski definition) is 3. The van der Waals surface area contributed by atoms with E-state index in [1.807, 2.05) is 0 Å². The number of benzene rings is 1. The van der Waals surface area contributed by atoms with Gasteiger partial charge >= 0.3 is 0 Å². The number of hydrogen-bond acceptors (Lipinski definition) is 4. The highest BCUT2D eigenvalue weighted by atomic mass is 32.2. The zero-order chi connectivity index (χ0) is 14.5. The van der Waals surface area contributed by atoms with Gasteiger partial charge in [0, 0.05) is 5.75 Å². The minimum Gasteiger partial charge on any atom is -0.384 e. The lowest BCUT2D eigenvalue weighted by Crippen LogP contribution is -2.38. The maximum absolute atomic E-state index is 13.2. The number of nitrogens with one attached hydrogen (secondary N) is 2. The van der Waals surface area contributed by atoms with Crippen molar-refractivity contribution >= 4 is 28.6 Å². The molecule has 1 unspecified atom stereocenters. The van der Waals surface area contributed by atoms with E-state index in [0.717, 1.165) is 11.8 Å². The van der Waals surface area contributed by atoms with Crippen LogP contribution in [-0.2, 0) is 4.79 Å². The van der Waals surface area contributed by atoms with Crippen molar-refractivity contribution in [1.29, 1.82) is 0 Å². The van der Waals surface area contributed by atoms with Crippen molar-refractivity contribution < 1.29 is 19.1 Å². The third-order valence-electron chi connectivity index (χ3n) is 2.53. The molecule has 2 amide bonds. The molecule has 0 aliphatic carbocycles. The van der Waals surface area contributed by atoms with Crippen LogP contribution < -0.4 is 10.6 Å². The maximum atomic E-state index is 13.2. The summed E-state index contributed by atoms with van der Waals surface area (Å²) in [5, 5.41) is 13.5. The summed E-state index contributed by atoms with van der Waals surface area (Å²) in [7, 11) is 0. The first kappa shape index (κ1) is 14.4. The minimum atomic E-state index is -0.615. The van der Waals surface area contributed by atoms with E-state index in [9.17, 15) is 14.0 Å². The molecule has 1 fully saturated rings. The number of anilines is 1. The molecule has 0 bridgehead atoms. The Bertz CT molecular complexity index is 609. The lowest BCUT2D eigenvalue weighted by molar-refractivity contribution is -0.117. The molecule has 2 rings (SSSR count). The lowest BCUT2D eigenvalue weighted by atomic mass is 10.1. The summed E-state index contributed by atoms with van der Waals surface area (Å²) in [6.07, 6.45) is 0. The van der Waals surface area contributed by atoms with Gasteiger partial charge in [-0.2, -0.15) is 0 Å². The van der Waals surface area contributed by atoms with Gasteiger partial charge in [0.15, 0.2) is 0 Å². The van der Waals surface area contributed by atoms with Crippen molar-refractivity contribution in [2.75, 3.05) is 17.7 Å². The van der Waals surface area contributed by atoms with E-state index in [4.69, 9.17) is 5.11 Å². The van der Waals surface area contributed by atoms with E-state index in [2.05, 4.69) is 22.5 Å². The molecule has 0 aromatic heterocycles. The number of halogens is 1. The van der Waals surface area contributed by atoms with Gasteiger partial charge in [-0.15, -0.1) is 0 Å². The fourth-order valence-corrected chi connectivity index (χ4v) is 2.39. The summed E-state index contributed by atoms with van der Waals surface area (Å²) < 4.78 is 13.2. The minimum absolute atomic E-state index is 0.246. The Morgan fingerprint density at radius 1 is 1.60 bits per heavy atom. The SMILES string of the molecule is O=C1NC(C(=O)Nc2ccc(F)cc2C#CCO)CS1. The predicted octanol–water partition coefficient (Wildman–Crippen LogP) is 0.933. The smallest absolute Gasteiger partial charge is 0.279 e. The summed E-state index contributed by atoms with van der Waals surface area (Å²) in [5.41, 5.74) is 0.605. The first-order valence-corrected chi connectivity index (χ1v) is 6.72. The van der Waals surface area contributed by atoms with E-state index in [1.165, 1.54) is 18.2 Å². The van der Waals surface area contributed by atoms with E-state index in [-0.39, 0.29) is 23.3 Å². The molecule has 0 saturated carbocycles. The predicted molar refractivity (Wildman–Crippen MR) is 73.8 cm³/mol. The summed E-state index contributed by atoms with van der Waals surface area (Å²) in [4.78, 5) is 23.0. The monoisotopic (exact) mass is 294 g/mol. The van der Waals surface area contributed by atoms with Gasteiger partial charge in [-0.25, -0.2) is 4.39 Å². The Kier molecular flexibility index (Phi) is 4.61. The molecule has 3 N–H and O–H groups in total. The van der Waals surface area contributed by atoms with Crippen molar-refractivity contribution in [2.24, 2.45) is 0 Å². The molecule has 5 nitrogen and oxygen atoms in total. The van der Waals surface area contributed by atoms with Gasteiger partial charge in [0.05, 0.1) is 11.3 Å². The molecule has 1 saturated heterocycles. The Hall–Kier alpha value is -2.04. The van der Waals surface area contributed by atoms with Gasteiger partial charge < -0.3 is 15.7 Å². The molecule has 104 valence electrons. The van der Waals surface area contributed by atoms with Crippen molar-refractivity contribution in [3.63, 3.8) is 0 Å². The third-order valence-corrected chi connectivity index (χ3v) is 3.41. The summed E-state index contributed by atoms with van der Waals surface area (Å²) in [6, 6.07) is 3.14. The topological polar surface area (TPSA) is 78.4 Å². The van der Waals surface area contributed by atoms with E-state index in [0.29, 0.717) is 11.4 Å². The molecule has 1 atom stereocenters. The van der Waals surface area contributed by atoms with Crippen molar-refractivity contribution in [3.05, 3.63) is 29.6 Å². The molecule has 1 aliphatic rings. The number of aliphatic hydroxyl groups excluding tert-OH is 1. The van der Waals surface area contributed by atoms with E-state index in [1.54, 1.807) is 0 Å². The van der Waals surface area contributed by atoms with Gasteiger partial charge in [-0.3, -0.25) is 9.59 Å². The van der Waals surface area contributed by atoms with Crippen molar-refractivity contribution in [2.45, 2.75) is 6.04 Å². The van der Waals surface area contributed by atoms with Crippen LogP contribution in [0.1, 0.15) is 5.56 Å². The fraction of sp³-hybridized carbons (Fsp3) is 0.231. The van der Waals surface area contributed by atoms with Gasteiger partial charge in [0.1, 0.15) is 18.5 Å². The molecule has 20 heavy (non-hydrogen) atoms. The van der Waals surface area contributed by atoms with E-state index < -0.39 is 11.9 Å². The Morgan fingerprint density at radius 2 is 2.40 bits per heavy atom. The Balaban J connectivity index is 2.16. The number of amides is 2. The summed E-state index contributed by atoms with van der Waals surface area (Å²) in [6.45, 7) is -0.362. The maximum Gasteiger partial charge on any atom is 0.279 e. The summed E-state index contributed by atoms with van der Waals surface area (Å²) in [5.74, 6) is 4.43. The van der Waals surface area contributed by atoms with Crippen LogP contribution >= 0.6 is 11.8 Å². The van der Waals surface area contributed by atoms with Gasteiger partial charge in [-0.1, -0.05) is 23.6 Å². The quantitative estimate of drug-likeness (QED) is 0.709. The molecular weight excluding hydrogens is 283 g/mol. The van der Waals surface area contributed by atoms with Crippen molar-refractivity contribution in [3.8, 4) is 11.8 Å². The van der Waals surface area contributed by atoms with Crippen molar-refractivity contribution in [1.82, 2.24) is 5.32 Å². The van der Waals surface area contributed by atoms with Gasteiger partial charge in [-0.05, 0) is 18.2 Å². The van der Waals surface area contributed by atoms with Crippen LogP contribution in [0.3, 0.4) is 0 Å². The van der Waals surface area contributed by atoms with Gasteiger partial charge in [0.2, 0.25) is 5.91 Å². The standard InChI is InChI=1S/C13H11FN2O3S/c14-9-3-4-10(8(6-9)2-1-5-17)15-12(18)11-7-20-13(19)16-11/h3-4,6,11,17H,5,7H2,(H,15,18)(H,16,19). The van der Waals surface area contributed by atoms with Crippen LogP contribution in [0.2, 0.25) is 0 Å². The fourth-order valence-electron chi connectivity index (χ4n) is 1.61. The normalized spacial score (nSPS) is 17.1. The molecule has 0 radical (unpaired) electrons. The average Bonchev–Trinajstić information content (AvgIpc) is 2.85. The second kappa shape index (κ2) is 6.41. The number of carbonyl (C=O) groups is 2. The first-order valence-electron chi connectivity index (χ1n) is 5.73. The molecule has 1 aliphatic heterocycles. The highest BCUT2D eigenvalue weighted by molar-refractivity contribution is 8.14. The molecule has 1 heterocycles. The molecule has 1 aromatic rings. The second-order valence-corrected chi connectivity index (χ2v) is 4.93. The third kappa shape index (κ3) is 3.50. The molecule has 7 heteroatoms. The number of rotatable bonds is 2. The Labute approximate surface area is 118 Å². The highest BCUT2D eigenvalue weighted by Gasteiger charge is 2.28. The number of thioether (sulfide) groups is 1. The van der Waals surface area contributed by atoms with Crippen LogP contribution in [-0.4, -0.2) is 34.7 Å². The zero-order valence-corrected chi connectivity index (χ0v) is 11.1. The van der Waals surface area contributed by atoms with Crippen LogP contribution in [0.25, 0.3) is 0 Å². The van der Waals surface area contributed by atoms with Crippen LogP contribution in [0.15, 0.2) is 18.2 Å². The van der Waals surface area contributed by atoms with Crippen LogP contribution in [0.4, 0.5) is 14.9 Å². The van der Waals surface area contributed by atoms with Gasteiger partial charge in [0.25, 0.3) is 5.24 Å². The lowest BCUT2D eigenvalue weighted by Gasteiger charge is -2.11. The molecular formula is C13H11FN2O3S. The van der Waals surface area contributed by atoms with E-state index >= 15 is 0 Å². The second-order valence-electron chi connectivity index (χ2n) is 3.93. The largest absolute Gasteiger partial charge is 0.384 e. The summed E-state index contributed by atoms with van der Waals surface area (Å²) >= 11 is 1.03. The zero-order valence-electron chi connectivity index (χ0n) is 10.3. The average molecular weight is 294 g/mol. The number of carbonyl (C=O) groups excluding carboxylic acids is 2. The Morgan fingerprint density at radius 3 is 3.05 bits per heavy atom. The van der Waals surface area contributed by atoms with Crippen LogP contribution in [0.5, 0.6) is 0 Å². The highest BCUT2D eigenvalue weighted by Crippen LogP contribution is 2.18. The number of aliphatic hydroxyl groups is 1. The molecule has 1 aromatic carbocycles. The van der Waals surface area contributed by atoms with Crippen LogP contribution in [0, 0.1) is 17.7 Å². The molecule has 0 spiro atoms. The first-order chi connectivity index (χ1) is 9.60.